The first-order valence-electron chi connectivity index (χ1n) is 47.0. The van der Waals surface area contributed by atoms with Gasteiger partial charge in [0.25, 0.3) is 29.2 Å². The molecule has 4 aliphatic rings. The quantitative estimate of drug-likeness (QED) is 0.00963. The first-order valence-corrected chi connectivity index (χ1v) is 47.0. The van der Waals surface area contributed by atoms with Crippen LogP contribution in [0.4, 0.5) is 0 Å². The molecule has 27 nitrogen and oxygen atoms in total. The zero-order valence-corrected chi connectivity index (χ0v) is 79.4. The van der Waals surface area contributed by atoms with Gasteiger partial charge in [-0.25, -0.2) is 9.59 Å². The fourth-order valence-electron chi connectivity index (χ4n) is 19.2. The van der Waals surface area contributed by atoms with Crippen molar-refractivity contribution >= 4 is 113 Å². The van der Waals surface area contributed by atoms with Crippen LogP contribution in [0.25, 0.3) is 65.4 Å². The lowest BCUT2D eigenvalue weighted by molar-refractivity contribution is -0.146. The molecule has 27 heteroatoms. The Labute approximate surface area is 813 Å². The number of esters is 2. The van der Waals surface area contributed by atoms with Crippen LogP contribution in [0.2, 0.25) is 0 Å². The molecule has 4 saturated carbocycles. The molecule has 0 aliphatic heterocycles. The van der Waals surface area contributed by atoms with Crippen molar-refractivity contribution in [2.45, 2.75) is 264 Å². The van der Waals surface area contributed by atoms with Crippen molar-refractivity contribution in [3.05, 3.63) is 251 Å². The normalized spacial score (nSPS) is 15.7. The number of para-hydroxylation sites is 5. The fraction of sp³-hybridized carbons (Fsp3) is 0.432. The van der Waals surface area contributed by atoms with Crippen LogP contribution < -0.4 is 38.3 Å². The smallest absolute Gasteiger partial charge is 0.329 e. The van der Waals surface area contributed by atoms with Gasteiger partial charge >= 0.3 is 11.9 Å². The summed E-state index contributed by atoms with van der Waals surface area (Å²) >= 11 is 0. The van der Waals surface area contributed by atoms with Crippen LogP contribution in [0.15, 0.2) is 206 Å². The standard InChI is InChI=1S/C25H26N2O3.C23H31N3O.C22H26N4O2.C20H25N3O3.C17H22N4O2.4CH4/c1-16(2)23(25(29)30-4)26-14-13-21-22(24(26)28)19-7-5-6-8-20(19)27(21)15-18-11-9-17(3)10-12-18;1-2-3-6-9-26-20-8-5-4-7-19(20)21(25-26)22(27)24-23-13-16-10-17(14-23)12-18(11-16)15-23;1-22(2,3)19(20(23)27)24-21(28)18-16-11-7-8-12-17(16)26(25-18)14-13-15-9-5-4-6-10-15;1-5-6-7-10-13-23-16-12-9-8-11-15(16)18(22-23)19(24)21-17(14(2)3)20(25)26-4;1-3-5-8-11-21-14-10-7-6-9-12(14)15(20-21)17(23)19-13(4-2)16(18)22;;;;/h5-14,16,23H,15H2,1-4H3;4-5,7-8,16-18H,2-3,6,9-15H2,1H3,(H,24,27);4-12,19H,13-14H2,1-3H3,(H2,23,27)(H,24,28);1,8-9,11-12,14,17H,6-7,10,13H2,2-4H3,(H,21,24);3,6-7,9-10,13H,1,4-5,8,11H2,2H3,(H2,18,22)(H,19,23);4*1H4. The number of hydrogen-bond acceptors (Lipinski definition) is 15. The second kappa shape index (κ2) is 50.3. The molecule has 4 aliphatic carbocycles. The lowest BCUT2D eigenvalue weighted by Gasteiger charge is -2.56. The van der Waals surface area contributed by atoms with Gasteiger partial charge in [0.1, 0.15) is 24.2 Å². The number of primary amides is 2. The van der Waals surface area contributed by atoms with Gasteiger partial charge in [-0.1, -0.05) is 262 Å². The van der Waals surface area contributed by atoms with Gasteiger partial charge in [-0.05, 0) is 173 Å². The molecule has 6 amide bonds. The third-order valence-corrected chi connectivity index (χ3v) is 25.6. The second-order valence-electron chi connectivity index (χ2n) is 37.4. The molecule has 4 bridgehead atoms. The maximum Gasteiger partial charge on any atom is 0.329 e. The number of allylic oxidation sites excluding steroid dienone is 1. The summed E-state index contributed by atoms with van der Waals surface area (Å²) in [6.07, 6.45) is 25.6. The Morgan fingerprint density at radius 1 is 0.514 bits per heavy atom. The van der Waals surface area contributed by atoms with E-state index in [9.17, 15) is 43.2 Å². The Morgan fingerprint density at radius 2 is 0.949 bits per heavy atom. The molecule has 17 rings (SSSR count). The van der Waals surface area contributed by atoms with E-state index in [1.54, 1.807) is 13.1 Å². The molecule has 0 radical (unpaired) electrons. The summed E-state index contributed by atoms with van der Waals surface area (Å²) in [5, 5.41) is 34.7. The lowest BCUT2D eigenvalue weighted by Crippen LogP contribution is -2.59. The second-order valence-corrected chi connectivity index (χ2v) is 37.4. The maximum absolute atomic E-state index is 13.6. The van der Waals surface area contributed by atoms with Crippen LogP contribution >= 0.6 is 0 Å². The van der Waals surface area contributed by atoms with E-state index < -0.39 is 59.2 Å². The molecular formula is C111H146N16O11. The number of carbonyl (C=O) groups excluding carboxylic acids is 8. The van der Waals surface area contributed by atoms with E-state index in [1.165, 1.54) is 86.8 Å². The first kappa shape index (κ1) is 110. The zero-order valence-electron chi connectivity index (χ0n) is 79.4. The Hall–Kier alpha value is -13.8. The van der Waals surface area contributed by atoms with Crippen LogP contribution in [-0.2, 0) is 67.8 Å². The van der Waals surface area contributed by atoms with E-state index in [1.807, 2.05) is 213 Å². The number of amides is 6. The number of methoxy groups -OCH3 is 2. The number of unbranched alkanes of at least 4 members (excludes halogenated alkanes) is 5. The fourth-order valence-corrected chi connectivity index (χ4v) is 19.2. The number of ether oxygens (including phenoxy) is 2. The number of nitrogens with two attached hydrogens (primary N) is 2. The molecule has 6 aromatic heterocycles. The number of carbonyl (C=O) groups is 8. The maximum atomic E-state index is 13.6. The van der Waals surface area contributed by atoms with Crippen molar-refractivity contribution in [2.75, 3.05) is 14.2 Å². The van der Waals surface area contributed by atoms with Gasteiger partial charge in [0, 0.05) is 83.3 Å². The van der Waals surface area contributed by atoms with Crippen molar-refractivity contribution in [3.63, 3.8) is 0 Å². The average molecular weight is 1880 g/mol. The van der Waals surface area contributed by atoms with Crippen LogP contribution in [-0.4, -0.2) is 134 Å². The third-order valence-electron chi connectivity index (χ3n) is 25.6. The number of pyridine rings is 1. The lowest BCUT2D eigenvalue weighted by atomic mass is 9.53. The molecule has 4 unspecified atom stereocenters. The minimum Gasteiger partial charge on any atom is -0.467 e. The molecule has 0 spiro atoms. The van der Waals surface area contributed by atoms with Gasteiger partial charge in [0.2, 0.25) is 11.8 Å². The van der Waals surface area contributed by atoms with E-state index in [4.69, 9.17) is 32.5 Å². The SMILES string of the molecule is C.C.C.C.C#CCCCCn1nc(C(=O)NC(C(=O)OC)C(C)C)c2ccccc21.C=CCCCn1nc(C(=O)NC(CC)C(N)=O)c2ccccc21.CC(C)(C)C(NC(=O)c1nn(CCc2ccccc2)c2ccccc12)C(N)=O.CCCCCn1nc(C(=O)NC23CC4CC(CC(C4)C2)C3)c2ccccc21.COC(=O)C(C(C)C)n1ccc2c(c1=O)c1ccccc1n2Cc1ccc(C)cc1. The number of benzene rings is 7. The summed E-state index contributed by atoms with van der Waals surface area (Å²) in [4.78, 5) is 112. The predicted molar refractivity (Wildman–Crippen MR) is 555 cm³/mol. The molecule has 6 heterocycles. The number of aromatic nitrogens is 10. The van der Waals surface area contributed by atoms with Gasteiger partial charge in [0.15, 0.2) is 22.8 Å². The number of rotatable bonds is 33. The molecule has 7 aromatic carbocycles. The summed E-state index contributed by atoms with van der Waals surface area (Å²) < 4.78 is 21.0. The Kier molecular flexibility index (Phi) is 40.0. The molecule has 736 valence electrons. The van der Waals surface area contributed by atoms with E-state index in [2.05, 4.69) is 110 Å². The van der Waals surface area contributed by atoms with Crippen LogP contribution in [0, 0.1) is 54.3 Å². The molecule has 138 heavy (non-hydrogen) atoms. The van der Waals surface area contributed by atoms with E-state index in [0.717, 1.165) is 129 Å². The molecule has 4 atom stereocenters. The van der Waals surface area contributed by atoms with Crippen LogP contribution in [0.3, 0.4) is 0 Å². The average Bonchev–Trinajstić information content (AvgIpc) is 1.64. The van der Waals surface area contributed by atoms with E-state index in [0.29, 0.717) is 60.8 Å². The highest BCUT2D eigenvalue weighted by atomic mass is 16.5. The van der Waals surface area contributed by atoms with Crippen molar-refractivity contribution in [1.82, 2.24) is 69.5 Å². The molecular weight excluding hydrogens is 1730 g/mol. The van der Waals surface area contributed by atoms with Crippen molar-refractivity contribution in [2.24, 2.45) is 46.5 Å². The Balaban J connectivity index is 0.000000211. The van der Waals surface area contributed by atoms with Gasteiger partial charge in [-0.2, -0.15) is 20.4 Å². The van der Waals surface area contributed by atoms with E-state index >= 15 is 0 Å². The van der Waals surface area contributed by atoms with Gasteiger partial charge in [-0.15, -0.1) is 18.9 Å². The van der Waals surface area contributed by atoms with Crippen molar-refractivity contribution < 1.29 is 47.8 Å². The van der Waals surface area contributed by atoms with Crippen LogP contribution in [0.5, 0.6) is 0 Å². The largest absolute Gasteiger partial charge is 0.467 e. The summed E-state index contributed by atoms with van der Waals surface area (Å²) in [5.41, 5.74) is 20.9. The summed E-state index contributed by atoms with van der Waals surface area (Å²) in [7, 11) is 2.67. The highest BCUT2D eigenvalue weighted by molar-refractivity contribution is 6.10. The monoisotopic (exact) mass is 1880 g/mol. The molecule has 13 aromatic rings. The number of fused-ring (bicyclic) bond motifs is 7. The zero-order chi connectivity index (χ0) is 96.1. The number of nitrogens with zero attached hydrogens (tertiary/aromatic N) is 10. The van der Waals surface area contributed by atoms with Gasteiger partial charge in [0.05, 0.1) is 47.2 Å². The van der Waals surface area contributed by atoms with Crippen molar-refractivity contribution in [3.8, 4) is 12.3 Å². The minimum absolute atomic E-state index is 0. The minimum atomic E-state index is -0.784. The number of terminal acetylenes is 1. The highest BCUT2D eigenvalue weighted by Crippen LogP contribution is 2.56. The van der Waals surface area contributed by atoms with Crippen molar-refractivity contribution in [1.29, 1.82) is 0 Å². The number of nitrogens with one attached hydrogen (secondary N) is 4. The predicted octanol–water partition coefficient (Wildman–Crippen LogP) is 19.8. The Bertz CT molecular complexity index is 6400. The number of aryl methyl sites for hydroxylation is 6. The molecule has 8 N–H and O–H groups in total. The van der Waals surface area contributed by atoms with Crippen LogP contribution in [0.1, 0.15) is 253 Å². The first-order chi connectivity index (χ1) is 64.4. The molecule has 4 fully saturated rings. The number of hydrogen-bond donors (Lipinski definition) is 6. The highest BCUT2D eigenvalue weighted by Gasteiger charge is 2.52. The van der Waals surface area contributed by atoms with Gasteiger partial charge in [-0.3, -0.25) is 52.3 Å². The topological polar surface area (TPSA) is 353 Å². The summed E-state index contributed by atoms with van der Waals surface area (Å²) in [5.74, 6) is 1.86. The Morgan fingerprint density at radius 3 is 1.38 bits per heavy atom. The third kappa shape index (κ3) is 26.3. The summed E-state index contributed by atoms with van der Waals surface area (Å²) in [6.45, 7) is 26.5. The van der Waals surface area contributed by atoms with Gasteiger partial charge < -0.3 is 51.3 Å². The summed E-state index contributed by atoms with van der Waals surface area (Å²) in [6, 6.07) is 56.5. The molecule has 0 saturated heterocycles. The van der Waals surface area contributed by atoms with E-state index in [-0.39, 0.29) is 70.4 Å².